The number of rotatable bonds is 3. The van der Waals surface area contributed by atoms with E-state index in [2.05, 4.69) is 4.98 Å². The van der Waals surface area contributed by atoms with Gasteiger partial charge in [-0.05, 0) is 39.2 Å². The summed E-state index contributed by atoms with van der Waals surface area (Å²) < 4.78 is 1.67. The predicted octanol–water partition coefficient (Wildman–Crippen LogP) is 1.62. The molecule has 1 fully saturated rings. The molecule has 0 spiro atoms. The van der Waals surface area contributed by atoms with Gasteiger partial charge in [-0.15, -0.1) is 0 Å². The molecule has 0 N–H and O–H groups in total. The first-order chi connectivity index (χ1) is 8.08. The lowest BCUT2D eigenvalue weighted by molar-refractivity contribution is -0.120. The van der Waals surface area contributed by atoms with Crippen molar-refractivity contribution in [3.05, 3.63) is 27.9 Å². The van der Waals surface area contributed by atoms with Crippen LogP contribution in [0, 0.1) is 19.8 Å². The molecular weight excluding hydrogens is 216 g/mol. The highest BCUT2D eigenvalue weighted by Gasteiger charge is 2.24. The van der Waals surface area contributed by atoms with Crippen LogP contribution in [-0.4, -0.2) is 15.3 Å². The number of aryl methyl sites for hydroxylation is 2. The quantitative estimate of drug-likeness (QED) is 0.798. The van der Waals surface area contributed by atoms with E-state index in [1.54, 1.807) is 4.57 Å². The molecular formula is C13H18N2O2. The number of aromatic nitrogens is 2. The lowest BCUT2D eigenvalue weighted by Gasteiger charge is -2.12. The minimum atomic E-state index is -0.201. The lowest BCUT2D eigenvalue weighted by atomic mass is 10.0. The van der Waals surface area contributed by atoms with E-state index >= 15 is 0 Å². The first-order valence-corrected chi connectivity index (χ1v) is 6.15. The second kappa shape index (κ2) is 4.82. The van der Waals surface area contributed by atoms with Crippen molar-refractivity contribution < 1.29 is 4.79 Å². The summed E-state index contributed by atoms with van der Waals surface area (Å²) in [6.45, 7) is 4.33. The van der Waals surface area contributed by atoms with Gasteiger partial charge in [0.25, 0.3) is 0 Å². The maximum Gasteiger partial charge on any atom is 0.347 e. The monoisotopic (exact) mass is 234 g/mol. The largest absolute Gasteiger partial charge is 0.347 e. The molecule has 1 atom stereocenters. The fraction of sp³-hybridized carbons (Fsp3) is 0.615. The van der Waals surface area contributed by atoms with Crippen LogP contribution in [0.5, 0.6) is 0 Å². The Bertz CT molecular complexity index is 491. The summed E-state index contributed by atoms with van der Waals surface area (Å²) in [7, 11) is 0. The molecule has 0 aliphatic heterocycles. The number of nitrogens with zero attached hydrogens (tertiary/aromatic N) is 2. The Morgan fingerprint density at radius 2 is 2.18 bits per heavy atom. The smallest absolute Gasteiger partial charge is 0.299 e. The van der Waals surface area contributed by atoms with E-state index in [4.69, 9.17) is 0 Å². The average Bonchev–Trinajstić information content (AvgIpc) is 2.62. The summed E-state index contributed by atoms with van der Waals surface area (Å²) in [5, 5.41) is 0. The van der Waals surface area contributed by atoms with Crippen molar-refractivity contribution in [1.82, 2.24) is 9.55 Å². The molecule has 0 bridgehead atoms. The number of Topliss-reactive ketones (excluding diaryl/α,β-unsaturated/α-hetero) is 1. The maximum atomic E-state index is 11.7. The molecule has 0 radical (unpaired) electrons. The molecule has 4 heteroatoms. The zero-order valence-electron chi connectivity index (χ0n) is 10.4. The summed E-state index contributed by atoms with van der Waals surface area (Å²) in [5.74, 6) is 0.512. The number of ketones is 1. The molecule has 1 unspecified atom stereocenters. The first kappa shape index (κ1) is 12.0. The maximum absolute atomic E-state index is 11.7. The third-order valence-electron chi connectivity index (χ3n) is 3.48. The molecule has 1 saturated carbocycles. The topological polar surface area (TPSA) is 52.0 Å². The van der Waals surface area contributed by atoms with Crippen LogP contribution in [0.3, 0.4) is 0 Å². The van der Waals surface area contributed by atoms with Crippen LogP contribution in [0.4, 0.5) is 0 Å². The van der Waals surface area contributed by atoms with Crippen LogP contribution in [0.1, 0.15) is 37.1 Å². The van der Waals surface area contributed by atoms with Crippen LogP contribution in [-0.2, 0) is 11.3 Å². The van der Waals surface area contributed by atoms with Crippen LogP contribution >= 0.6 is 0 Å². The highest BCUT2D eigenvalue weighted by Crippen LogP contribution is 2.24. The van der Waals surface area contributed by atoms with Crippen LogP contribution in [0.25, 0.3) is 0 Å². The van der Waals surface area contributed by atoms with Crippen molar-refractivity contribution in [1.29, 1.82) is 0 Å². The van der Waals surface area contributed by atoms with Crippen LogP contribution < -0.4 is 5.69 Å². The minimum absolute atomic E-state index is 0.155. The summed E-state index contributed by atoms with van der Waals surface area (Å²) in [6, 6.07) is 1.90. The van der Waals surface area contributed by atoms with Gasteiger partial charge >= 0.3 is 5.69 Å². The number of carbonyl (C=O) groups excluding carboxylic acids is 1. The van der Waals surface area contributed by atoms with Crippen molar-refractivity contribution in [3.63, 3.8) is 0 Å². The fourth-order valence-corrected chi connectivity index (χ4v) is 2.52. The van der Waals surface area contributed by atoms with E-state index in [0.717, 1.165) is 30.7 Å². The molecule has 1 aromatic rings. The van der Waals surface area contributed by atoms with Gasteiger partial charge in [0.05, 0.1) is 0 Å². The van der Waals surface area contributed by atoms with Gasteiger partial charge in [0.2, 0.25) is 0 Å². The Labute approximate surface area is 101 Å². The Hall–Kier alpha value is -1.45. The second-order valence-corrected chi connectivity index (χ2v) is 4.82. The molecule has 92 valence electrons. The van der Waals surface area contributed by atoms with Crippen LogP contribution in [0.2, 0.25) is 0 Å². The molecule has 1 aliphatic carbocycles. The van der Waals surface area contributed by atoms with E-state index < -0.39 is 0 Å². The molecule has 1 heterocycles. The van der Waals surface area contributed by atoms with Crippen molar-refractivity contribution in [2.75, 3.05) is 0 Å². The molecule has 17 heavy (non-hydrogen) atoms. The highest BCUT2D eigenvalue weighted by atomic mass is 16.1. The van der Waals surface area contributed by atoms with Gasteiger partial charge < -0.3 is 0 Å². The van der Waals surface area contributed by atoms with Gasteiger partial charge in [-0.2, -0.15) is 4.98 Å². The zero-order chi connectivity index (χ0) is 12.4. The number of hydrogen-bond donors (Lipinski definition) is 0. The van der Waals surface area contributed by atoms with Crippen molar-refractivity contribution in [2.24, 2.45) is 5.92 Å². The normalized spacial score (nSPS) is 19.9. The van der Waals surface area contributed by atoms with Crippen molar-refractivity contribution >= 4 is 5.78 Å². The molecule has 4 nitrogen and oxygen atoms in total. The first-order valence-electron chi connectivity index (χ1n) is 6.15. The molecule has 0 saturated heterocycles. The summed E-state index contributed by atoms with van der Waals surface area (Å²) in [4.78, 5) is 27.2. The number of carbonyl (C=O) groups is 1. The van der Waals surface area contributed by atoms with Gasteiger partial charge in [-0.25, -0.2) is 4.79 Å². The lowest BCUT2D eigenvalue weighted by Crippen LogP contribution is -2.27. The van der Waals surface area contributed by atoms with Gasteiger partial charge in [-0.3, -0.25) is 9.36 Å². The summed E-state index contributed by atoms with van der Waals surface area (Å²) >= 11 is 0. The Morgan fingerprint density at radius 1 is 1.41 bits per heavy atom. The van der Waals surface area contributed by atoms with Crippen molar-refractivity contribution in [3.8, 4) is 0 Å². The van der Waals surface area contributed by atoms with Gasteiger partial charge in [0.15, 0.2) is 0 Å². The molecule has 0 amide bonds. The Balaban J connectivity index is 2.09. The summed E-state index contributed by atoms with van der Waals surface area (Å²) in [6.07, 6.45) is 3.46. The molecule has 1 aromatic heterocycles. The third kappa shape index (κ3) is 2.62. The second-order valence-electron chi connectivity index (χ2n) is 4.82. The predicted molar refractivity (Wildman–Crippen MR) is 64.9 cm³/mol. The van der Waals surface area contributed by atoms with Gasteiger partial charge in [0.1, 0.15) is 5.78 Å². The zero-order valence-corrected chi connectivity index (χ0v) is 10.4. The van der Waals surface area contributed by atoms with E-state index in [0.29, 0.717) is 18.7 Å². The van der Waals surface area contributed by atoms with E-state index in [-0.39, 0.29) is 11.6 Å². The van der Waals surface area contributed by atoms with E-state index in [1.165, 1.54) is 0 Å². The molecule has 1 aliphatic rings. The number of hydrogen-bond acceptors (Lipinski definition) is 3. The SMILES string of the molecule is Cc1cc(C)n(CCC2CCCC2=O)c(=O)n1. The Kier molecular flexibility index (Phi) is 3.41. The fourth-order valence-electron chi connectivity index (χ4n) is 2.52. The van der Waals surface area contributed by atoms with E-state index in [1.807, 2.05) is 19.9 Å². The average molecular weight is 234 g/mol. The molecule has 2 rings (SSSR count). The minimum Gasteiger partial charge on any atom is -0.299 e. The van der Waals surface area contributed by atoms with Crippen molar-refractivity contribution in [2.45, 2.75) is 46.1 Å². The van der Waals surface area contributed by atoms with Gasteiger partial charge in [0, 0.05) is 30.3 Å². The van der Waals surface area contributed by atoms with Gasteiger partial charge in [-0.1, -0.05) is 0 Å². The third-order valence-corrected chi connectivity index (χ3v) is 3.48. The van der Waals surface area contributed by atoms with Crippen LogP contribution in [0.15, 0.2) is 10.9 Å². The molecule has 0 aromatic carbocycles. The highest BCUT2D eigenvalue weighted by molar-refractivity contribution is 5.82. The summed E-state index contributed by atoms with van der Waals surface area (Å²) in [5.41, 5.74) is 1.47. The standard InChI is InChI=1S/C13H18N2O2/c1-9-8-10(2)15(13(17)14-9)7-6-11-4-3-5-12(11)16/h8,11H,3-7H2,1-2H3. The van der Waals surface area contributed by atoms with E-state index in [9.17, 15) is 9.59 Å². The Morgan fingerprint density at radius 3 is 2.76 bits per heavy atom.